The van der Waals surface area contributed by atoms with Crippen LogP contribution >= 0.6 is 23.4 Å². The summed E-state index contributed by atoms with van der Waals surface area (Å²) in [6.07, 6.45) is 0. The van der Waals surface area contributed by atoms with E-state index in [4.69, 9.17) is 11.6 Å². The van der Waals surface area contributed by atoms with Crippen molar-refractivity contribution in [2.45, 2.75) is 34.0 Å². The number of carbonyl (C=O) groups is 1. The Balaban J connectivity index is 1.58. The molecule has 0 radical (unpaired) electrons. The number of aromatic amines is 1. The second-order valence-electron chi connectivity index (χ2n) is 7.24. The second-order valence-corrected chi connectivity index (χ2v) is 10.9. The third kappa shape index (κ3) is 4.53. The minimum Gasteiger partial charge on any atom is -0.332 e. The Morgan fingerprint density at radius 1 is 1.09 bits per heavy atom. The zero-order chi connectivity index (χ0) is 22.9. The Bertz CT molecular complexity index is 1400. The number of fused-ring (bicyclic) bond motifs is 1. The van der Waals surface area contributed by atoms with Gasteiger partial charge < -0.3 is 10.3 Å². The maximum Gasteiger partial charge on any atom is 0.237 e. The van der Waals surface area contributed by atoms with E-state index in [9.17, 15) is 13.2 Å². The fourth-order valence-electron chi connectivity index (χ4n) is 3.17. The molecule has 3 aromatic carbocycles. The maximum absolute atomic E-state index is 13.1. The molecule has 0 saturated heterocycles. The van der Waals surface area contributed by atoms with E-state index < -0.39 is 15.1 Å². The normalized spacial score (nSPS) is 12.6. The molecule has 0 aliphatic carbocycles. The number of hydrogen-bond acceptors (Lipinski definition) is 5. The first kappa shape index (κ1) is 22.4. The van der Waals surface area contributed by atoms with Gasteiger partial charge in [-0.2, -0.15) is 0 Å². The zero-order valence-electron chi connectivity index (χ0n) is 17.3. The Labute approximate surface area is 195 Å². The van der Waals surface area contributed by atoms with Gasteiger partial charge in [0.2, 0.25) is 15.7 Å². The van der Waals surface area contributed by atoms with Gasteiger partial charge in [-0.15, -0.1) is 0 Å². The first-order valence-corrected chi connectivity index (χ1v) is 12.5. The number of imidazole rings is 1. The maximum atomic E-state index is 13.1. The second kappa shape index (κ2) is 8.97. The number of nitrogens with one attached hydrogen (secondary N) is 2. The monoisotopic (exact) mass is 485 g/mol. The third-order valence-corrected chi connectivity index (χ3v) is 7.95. The van der Waals surface area contributed by atoms with Crippen molar-refractivity contribution in [3.05, 3.63) is 77.3 Å². The summed E-state index contributed by atoms with van der Waals surface area (Å²) in [4.78, 5) is 20.6. The number of hydrogen-bond donors (Lipinski definition) is 2. The summed E-state index contributed by atoms with van der Waals surface area (Å²) >= 11 is 7.41. The molecule has 1 amide bonds. The quantitative estimate of drug-likeness (QED) is 0.353. The molecule has 0 bridgehead atoms. The fourth-order valence-corrected chi connectivity index (χ4v) is 5.71. The van der Waals surface area contributed by atoms with Gasteiger partial charge in [-0.05, 0) is 55.8 Å². The number of amides is 1. The molecule has 1 aromatic heterocycles. The minimum atomic E-state index is -3.72. The smallest absolute Gasteiger partial charge is 0.237 e. The van der Waals surface area contributed by atoms with Gasteiger partial charge in [-0.25, -0.2) is 13.4 Å². The number of aryl methyl sites for hydroxylation is 1. The van der Waals surface area contributed by atoms with E-state index in [-0.39, 0.29) is 15.7 Å². The molecule has 4 aromatic rings. The number of rotatable bonds is 6. The SMILES string of the molecule is Cc1ccc(NC(=O)C(C)Sc2nc3cccc(S(=O)(=O)c4ccccc4)c3[nH]2)c(Cl)c1. The van der Waals surface area contributed by atoms with Crippen molar-refractivity contribution in [3.63, 3.8) is 0 Å². The van der Waals surface area contributed by atoms with Crippen molar-refractivity contribution in [1.82, 2.24) is 9.97 Å². The van der Waals surface area contributed by atoms with Gasteiger partial charge in [0, 0.05) is 0 Å². The number of H-pyrrole nitrogens is 1. The van der Waals surface area contributed by atoms with Crippen molar-refractivity contribution >= 4 is 55.8 Å². The zero-order valence-corrected chi connectivity index (χ0v) is 19.7. The van der Waals surface area contributed by atoms with Crippen LogP contribution in [0, 0.1) is 6.92 Å². The van der Waals surface area contributed by atoms with Gasteiger partial charge >= 0.3 is 0 Å². The standard InChI is InChI=1S/C23H20ClN3O3S2/c1-14-11-12-18(17(24)13-14)25-22(28)15(2)31-23-26-19-9-6-10-20(21(19)27-23)32(29,30)16-7-4-3-5-8-16/h3-13,15H,1-2H3,(H,25,28)(H,26,27). The predicted octanol–water partition coefficient (Wildman–Crippen LogP) is 5.48. The molecular formula is C23H20ClN3O3S2. The fraction of sp³-hybridized carbons (Fsp3) is 0.130. The number of carbonyl (C=O) groups excluding carboxylic acids is 1. The van der Waals surface area contributed by atoms with E-state index in [2.05, 4.69) is 15.3 Å². The van der Waals surface area contributed by atoms with E-state index in [1.807, 2.05) is 13.0 Å². The number of halogens is 1. The molecular weight excluding hydrogens is 466 g/mol. The van der Waals surface area contributed by atoms with Crippen LogP contribution in [0.3, 0.4) is 0 Å². The topological polar surface area (TPSA) is 91.9 Å². The number of para-hydroxylation sites is 1. The lowest BCUT2D eigenvalue weighted by molar-refractivity contribution is -0.115. The third-order valence-electron chi connectivity index (χ3n) is 4.84. The van der Waals surface area contributed by atoms with E-state index in [1.165, 1.54) is 11.8 Å². The van der Waals surface area contributed by atoms with Gasteiger partial charge in [0.25, 0.3) is 0 Å². The van der Waals surface area contributed by atoms with Crippen LogP contribution in [0.5, 0.6) is 0 Å². The molecule has 0 aliphatic rings. The highest BCUT2D eigenvalue weighted by Gasteiger charge is 2.23. The van der Waals surface area contributed by atoms with Crippen LogP contribution in [-0.4, -0.2) is 29.5 Å². The van der Waals surface area contributed by atoms with Gasteiger partial charge in [-0.3, -0.25) is 4.79 Å². The number of thioether (sulfide) groups is 1. The molecule has 1 heterocycles. The number of nitrogens with zero attached hydrogens (tertiary/aromatic N) is 1. The van der Waals surface area contributed by atoms with Crippen LogP contribution in [0.4, 0.5) is 5.69 Å². The Kier molecular flexibility index (Phi) is 6.28. The molecule has 0 fully saturated rings. The van der Waals surface area contributed by atoms with E-state index in [1.54, 1.807) is 67.6 Å². The van der Waals surface area contributed by atoms with Gasteiger partial charge in [-0.1, -0.05) is 53.7 Å². The van der Waals surface area contributed by atoms with E-state index in [0.717, 1.165) is 5.56 Å². The molecule has 32 heavy (non-hydrogen) atoms. The van der Waals surface area contributed by atoms with E-state index in [0.29, 0.717) is 26.9 Å². The summed E-state index contributed by atoms with van der Waals surface area (Å²) < 4.78 is 26.2. The molecule has 0 aliphatic heterocycles. The van der Waals surface area contributed by atoms with Gasteiger partial charge in [0.15, 0.2) is 5.16 Å². The minimum absolute atomic E-state index is 0.143. The summed E-state index contributed by atoms with van der Waals surface area (Å²) in [6, 6.07) is 18.6. The molecule has 0 saturated carbocycles. The summed E-state index contributed by atoms with van der Waals surface area (Å²) in [5.41, 5.74) is 2.46. The van der Waals surface area contributed by atoms with Gasteiger partial charge in [0.1, 0.15) is 0 Å². The first-order chi connectivity index (χ1) is 15.3. The molecule has 9 heteroatoms. The van der Waals surface area contributed by atoms with Crippen LogP contribution in [0.1, 0.15) is 12.5 Å². The van der Waals surface area contributed by atoms with Crippen molar-refractivity contribution in [3.8, 4) is 0 Å². The number of anilines is 1. The summed E-state index contributed by atoms with van der Waals surface area (Å²) in [5.74, 6) is -0.238. The van der Waals surface area contributed by atoms with Gasteiger partial charge in [0.05, 0.1) is 36.8 Å². The molecule has 1 atom stereocenters. The molecule has 164 valence electrons. The van der Waals surface area contributed by atoms with Crippen molar-refractivity contribution in [1.29, 1.82) is 0 Å². The highest BCUT2D eigenvalue weighted by molar-refractivity contribution is 8.00. The van der Waals surface area contributed by atoms with Crippen molar-refractivity contribution < 1.29 is 13.2 Å². The average Bonchev–Trinajstić information content (AvgIpc) is 3.18. The summed E-state index contributed by atoms with van der Waals surface area (Å²) in [6.45, 7) is 3.67. The van der Waals surface area contributed by atoms with Crippen molar-refractivity contribution in [2.75, 3.05) is 5.32 Å². The summed E-state index contributed by atoms with van der Waals surface area (Å²) in [5, 5.41) is 3.24. The Hall–Kier alpha value is -2.81. The van der Waals surface area contributed by atoms with Crippen LogP contribution in [0.2, 0.25) is 5.02 Å². The first-order valence-electron chi connectivity index (χ1n) is 9.78. The number of aromatic nitrogens is 2. The Morgan fingerprint density at radius 2 is 1.84 bits per heavy atom. The predicted molar refractivity (Wildman–Crippen MR) is 128 cm³/mol. The summed E-state index contributed by atoms with van der Waals surface area (Å²) in [7, 11) is -3.72. The molecule has 1 unspecified atom stereocenters. The number of sulfone groups is 1. The molecule has 4 rings (SSSR count). The lowest BCUT2D eigenvalue weighted by atomic mass is 10.2. The highest BCUT2D eigenvalue weighted by Crippen LogP contribution is 2.31. The van der Waals surface area contributed by atoms with E-state index >= 15 is 0 Å². The van der Waals surface area contributed by atoms with Crippen LogP contribution in [0.15, 0.2) is 81.7 Å². The number of benzene rings is 3. The molecule has 0 spiro atoms. The highest BCUT2D eigenvalue weighted by atomic mass is 35.5. The van der Waals surface area contributed by atoms with Crippen LogP contribution in [-0.2, 0) is 14.6 Å². The molecule has 2 N–H and O–H groups in total. The van der Waals surface area contributed by atoms with Crippen LogP contribution < -0.4 is 5.32 Å². The largest absolute Gasteiger partial charge is 0.332 e. The lowest BCUT2D eigenvalue weighted by Crippen LogP contribution is -2.22. The molecule has 6 nitrogen and oxygen atoms in total. The average molecular weight is 486 g/mol. The van der Waals surface area contributed by atoms with Crippen molar-refractivity contribution in [2.24, 2.45) is 0 Å². The Morgan fingerprint density at radius 3 is 2.56 bits per heavy atom. The van der Waals surface area contributed by atoms with Crippen LogP contribution in [0.25, 0.3) is 11.0 Å². The lowest BCUT2D eigenvalue weighted by Gasteiger charge is -2.12.